The quantitative estimate of drug-likeness (QED) is 0.598. The highest BCUT2D eigenvalue weighted by molar-refractivity contribution is 5.90. The van der Waals surface area contributed by atoms with Gasteiger partial charge in [0.05, 0.1) is 0 Å². The molecule has 0 aliphatic carbocycles. The molecule has 5 heteroatoms. The maximum atomic E-state index is 11.0. The van der Waals surface area contributed by atoms with Crippen LogP contribution in [0.15, 0.2) is 12.2 Å². The average Bonchev–Trinajstić information content (AvgIpc) is 2.48. The van der Waals surface area contributed by atoms with E-state index in [4.69, 9.17) is 0 Å². The predicted octanol–water partition coefficient (Wildman–Crippen LogP) is 1.42. The Bertz CT molecular complexity index is 204. The van der Waals surface area contributed by atoms with Crippen molar-refractivity contribution >= 4 is 18.5 Å². The topological polar surface area (TPSA) is 80.5 Å². The van der Waals surface area contributed by atoms with E-state index in [9.17, 15) is 14.4 Å². The van der Waals surface area contributed by atoms with Crippen molar-refractivity contribution in [3.63, 3.8) is 0 Å². The largest absolute Gasteiger partial charge is 0.342 e. The number of carbonyl (C=O) groups excluding carboxylic acids is 3. The van der Waals surface area contributed by atoms with Gasteiger partial charge in [-0.05, 0) is 13.1 Å². The number of nitrogens with zero attached hydrogens (tertiary/aromatic N) is 1. The summed E-state index contributed by atoms with van der Waals surface area (Å²) in [5.74, 6) is -0.274. The summed E-state index contributed by atoms with van der Waals surface area (Å²) in [6.07, 6.45) is 3.88. The van der Waals surface area contributed by atoms with Crippen LogP contribution < -0.4 is 5.73 Å². The van der Waals surface area contributed by atoms with Crippen LogP contribution in [0.2, 0.25) is 0 Å². The minimum absolute atomic E-state index is 0.274. The fourth-order valence-corrected chi connectivity index (χ4v) is 0.605. The normalized spacial score (nSPS) is 7.50. The van der Waals surface area contributed by atoms with E-state index >= 15 is 0 Å². The molecular formula is C13H28N2O3. The van der Waals surface area contributed by atoms with Gasteiger partial charge in [-0.1, -0.05) is 27.7 Å². The molecule has 0 saturated carbocycles. The van der Waals surface area contributed by atoms with Gasteiger partial charge in [-0.3, -0.25) is 9.59 Å². The summed E-state index contributed by atoms with van der Waals surface area (Å²) in [5, 5.41) is 0. The molecule has 0 aliphatic heterocycles. The molecular weight excluding hydrogens is 232 g/mol. The van der Waals surface area contributed by atoms with Crippen LogP contribution in [0.4, 0.5) is 0 Å². The van der Waals surface area contributed by atoms with Gasteiger partial charge in [0.2, 0.25) is 5.91 Å². The van der Waals surface area contributed by atoms with Crippen molar-refractivity contribution in [3.8, 4) is 0 Å². The Balaban J connectivity index is -0.000000141. The molecule has 0 unspecified atom stereocenters. The Morgan fingerprint density at radius 3 is 1.89 bits per heavy atom. The van der Waals surface area contributed by atoms with E-state index in [0.717, 1.165) is 18.4 Å². The summed E-state index contributed by atoms with van der Waals surface area (Å²) < 4.78 is 0. The first-order valence-corrected chi connectivity index (χ1v) is 6.10. The molecule has 2 N–H and O–H groups in total. The number of rotatable bonds is 5. The van der Waals surface area contributed by atoms with Crippen LogP contribution in [0.5, 0.6) is 0 Å². The van der Waals surface area contributed by atoms with Crippen molar-refractivity contribution < 1.29 is 14.4 Å². The molecule has 5 nitrogen and oxygen atoms in total. The molecule has 0 saturated heterocycles. The summed E-state index contributed by atoms with van der Waals surface area (Å²) in [6, 6.07) is 0. The molecule has 108 valence electrons. The molecule has 0 rings (SSSR count). The Kier molecular flexibility index (Phi) is 41.7. The highest BCUT2D eigenvalue weighted by Crippen LogP contribution is 1.87. The van der Waals surface area contributed by atoms with Gasteiger partial charge in [0.1, 0.15) is 12.6 Å². The molecule has 18 heavy (non-hydrogen) atoms. The van der Waals surface area contributed by atoms with Crippen molar-refractivity contribution in [2.24, 2.45) is 5.73 Å². The van der Waals surface area contributed by atoms with Gasteiger partial charge in [-0.2, -0.15) is 0 Å². The lowest BCUT2D eigenvalue weighted by Gasteiger charge is -2.12. The number of likely N-dealkylation sites (N-methyl/N-ethyl adjacent to an activating group) is 1. The molecule has 0 radical (unpaired) electrons. The zero-order valence-electron chi connectivity index (χ0n) is 12.5. The fourth-order valence-electron chi connectivity index (χ4n) is 0.605. The molecule has 0 aromatic carbocycles. The van der Waals surface area contributed by atoms with Gasteiger partial charge in [-0.15, -0.1) is 0 Å². The standard InChI is InChI=1S/C8H11NO3.2C2H6.CH5N/c1-9(5-3-7-11)8(12)4-2-6-10;3*1-2/h2,4,6-7H,3,5H2,1H3;2*1-2H3;2H2,1H3/b4-2-;;;. The Morgan fingerprint density at radius 2 is 1.56 bits per heavy atom. The van der Waals surface area contributed by atoms with Crippen molar-refractivity contribution in [2.75, 3.05) is 20.6 Å². The van der Waals surface area contributed by atoms with Crippen LogP contribution in [0.1, 0.15) is 34.1 Å². The monoisotopic (exact) mass is 260 g/mol. The SMILES string of the molecule is CC.CC.CN.CN(CCC=O)C(=O)/C=C\C=O. The second-order valence-electron chi connectivity index (χ2n) is 2.21. The maximum Gasteiger partial charge on any atom is 0.246 e. The lowest BCUT2D eigenvalue weighted by atomic mass is 10.4. The Labute approximate surface area is 111 Å². The van der Waals surface area contributed by atoms with Gasteiger partial charge in [0.25, 0.3) is 0 Å². The molecule has 0 aromatic rings. The van der Waals surface area contributed by atoms with Crippen molar-refractivity contribution in [1.82, 2.24) is 4.90 Å². The molecule has 0 aromatic heterocycles. The predicted molar refractivity (Wildman–Crippen MR) is 76.3 cm³/mol. The van der Waals surface area contributed by atoms with Crippen LogP contribution in [0.25, 0.3) is 0 Å². The average molecular weight is 260 g/mol. The van der Waals surface area contributed by atoms with Crippen LogP contribution in [0.3, 0.4) is 0 Å². The summed E-state index contributed by atoms with van der Waals surface area (Å²) in [5.41, 5.74) is 4.50. The van der Waals surface area contributed by atoms with Crippen LogP contribution in [-0.4, -0.2) is 44.0 Å². The molecule has 1 amide bonds. The number of allylic oxidation sites excluding steroid dienone is 1. The first-order valence-electron chi connectivity index (χ1n) is 6.10. The van der Waals surface area contributed by atoms with Gasteiger partial charge in [0.15, 0.2) is 0 Å². The highest BCUT2D eigenvalue weighted by Gasteiger charge is 2.02. The summed E-state index contributed by atoms with van der Waals surface area (Å²) in [4.78, 5) is 32.1. The van der Waals surface area contributed by atoms with E-state index in [1.807, 2.05) is 27.7 Å². The van der Waals surface area contributed by atoms with Crippen LogP contribution >= 0.6 is 0 Å². The number of amides is 1. The van der Waals surface area contributed by atoms with Gasteiger partial charge < -0.3 is 15.4 Å². The minimum Gasteiger partial charge on any atom is -0.342 e. The fraction of sp³-hybridized carbons (Fsp3) is 0.615. The Hall–Kier alpha value is -1.49. The smallest absolute Gasteiger partial charge is 0.246 e. The molecule has 0 fully saturated rings. The maximum absolute atomic E-state index is 11.0. The second kappa shape index (κ2) is 29.6. The number of carbonyl (C=O) groups is 3. The van der Waals surface area contributed by atoms with Crippen molar-refractivity contribution in [1.29, 1.82) is 0 Å². The number of hydrogen-bond acceptors (Lipinski definition) is 4. The van der Waals surface area contributed by atoms with E-state index in [1.54, 1.807) is 7.05 Å². The highest BCUT2D eigenvalue weighted by atomic mass is 16.2. The van der Waals surface area contributed by atoms with Gasteiger partial charge in [0, 0.05) is 26.1 Å². The number of aldehydes is 2. The Morgan fingerprint density at radius 1 is 1.11 bits per heavy atom. The van der Waals surface area contributed by atoms with Crippen LogP contribution in [0, 0.1) is 0 Å². The van der Waals surface area contributed by atoms with Gasteiger partial charge >= 0.3 is 0 Å². The number of nitrogens with two attached hydrogens (primary N) is 1. The molecule has 0 bridgehead atoms. The third kappa shape index (κ3) is 24.0. The molecule has 0 heterocycles. The van der Waals surface area contributed by atoms with E-state index in [0.29, 0.717) is 19.3 Å². The summed E-state index contributed by atoms with van der Waals surface area (Å²) >= 11 is 0. The summed E-state index contributed by atoms with van der Waals surface area (Å²) in [6.45, 7) is 8.38. The lowest BCUT2D eigenvalue weighted by molar-refractivity contribution is -0.125. The van der Waals surface area contributed by atoms with E-state index in [-0.39, 0.29) is 5.91 Å². The van der Waals surface area contributed by atoms with E-state index in [2.05, 4.69) is 5.73 Å². The van der Waals surface area contributed by atoms with E-state index < -0.39 is 0 Å². The first kappa shape index (κ1) is 25.4. The van der Waals surface area contributed by atoms with E-state index in [1.165, 1.54) is 11.9 Å². The summed E-state index contributed by atoms with van der Waals surface area (Å²) in [7, 11) is 3.07. The van der Waals surface area contributed by atoms with Crippen molar-refractivity contribution in [3.05, 3.63) is 12.2 Å². The molecule has 0 aliphatic rings. The zero-order chi connectivity index (χ0) is 15.4. The van der Waals surface area contributed by atoms with Crippen molar-refractivity contribution in [2.45, 2.75) is 34.1 Å². The minimum atomic E-state index is -0.274. The lowest BCUT2D eigenvalue weighted by Crippen LogP contribution is -2.26. The zero-order valence-corrected chi connectivity index (χ0v) is 12.5. The molecule has 0 spiro atoms. The number of hydrogen-bond donors (Lipinski definition) is 1. The molecule has 0 atom stereocenters. The third-order valence-electron chi connectivity index (χ3n) is 1.28. The first-order chi connectivity index (χ1) is 8.72. The van der Waals surface area contributed by atoms with Crippen LogP contribution in [-0.2, 0) is 14.4 Å². The second-order valence-corrected chi connectivity index (χ2v) is 2.21. The third-order valence-corrected chi connectivity index (χ3v) is 1.28. The van der Waals surface area contributed by atoms with Gasteiger partial charge in [-0.25, -0.2) is 0 Å².